The van der Waals surface area contributed by atoms with Crippen LogP contribution in [0.2, 0.25) is 0 Å². The molecule has 0 bridgehead atoms. The standard InChI is InChI=1S/C14H16F2NP/c1-8(17)12(9-2-3-9)5-4-10-6-11(15)7-13(16)14(10)18/h4-7,9H,2-3,17-18H2,1H3/b5-4+,12-8+. The summed E-state index contributed by atoms with van der Waals surface area (Å²) in [6, 6.07) is 2.20. The summed E-state index contributed by atoms with van der Waals surface area (Å²) in [4.78, 5) is 0. The maximum absolute atomic E-state index is 13.4. The minimum absolute atomic E-state index is 0.373. The van der Waals surface area contributed by atoms with Gasteiger partial charge in [-0.2, -0.15) is 0 Å². The van der Waals surface area contributed by atoms with Gasteiger partial charge in [0.2, 0.25) is 0 Å². The molecule has 1 aromatic carbocycles. The molecule has 2 N–H and O–H groups in total. The number of allylic oxidation sites excluding steroid dienone is 3. The van der Waals surface area contributed by atoms with Crippen molar-refractivity contribution in [1.82, 2.24) is 0 Å². The van der Waals surface area contributed by atoms with E-state index in [1.165, 1.54) is 6.07 Å². The van der Waals surface area contributed by atoms with Crippen LogP contribution in [0.15, 0.2) is 29.5 Å². The molecule has 0 radical (unpaired) electrons. The van der Waals surface area contributed by atoms with Gasteiger partial charge in [0, 0.05) is 17.1 Å². The van der Waals surface area contributed by atoms with Crippen LogP contribution in [-0.4, -0.2) is 0 Å². The molecule has 2 rings (SSSR count). The van der Waals surface area contributed by atoms with Gasteiger partial charge < -0.3 is 5.73 Å². The SMILES string of the molecule is C/C(N)=C(/C=C/c1cc(F)cc(F)c1P)C1CC1. The number of hydrogen-bond donors (Lipinski definition) is 1. The smallest absolute Gasteiger partial charge is 0.133 e. The Morgan fingerprint density at radius 1 is 1.39 bits per heavy atom. The molecule has 1 nitrogen and oxygen atoms in total. The number of rotatable bonds is 3. The summed E-state index contributed by atoms with van der Waals surface area (Å²) < 4.78 is 26.5. The van der Waals surface area contributed by atoms with Gasteiger partial charge in [-0.25, -0.2) is 8.78 Å². The molecule has 1 aromatic rings. The molecule has 0 aromatic heterocycles. The van der Waals surface area contributed by atoms with Gasteiger partial charge in [-0.05, 0) is 42.9 Å². The maximum Gasteiger partial charge on any atom is 0.133 e. The van der Waals surface area contributed by atoms with Crippen molar-refractivity contribution in [2.24, 2.45) is 11.7 Å². The van der Waals surface area contributed by atoms with Crippen LogP contribution in [0, 0.1) is 17.6 Å². The van der Waals surface area contributed by atoms with Gasteiger partial charge in [-0.15, -0.1) is 9.24 Å². The fourth-order valence-corrected chi connectivity index (χ4v) is 2.17. The summed E-state index contributed by atoms with van der Waals surface area (Å²) in [6.07, 6.45) is 5.87. The second-order valence-electron chi connectivity index (χ2n) is 4.64. The summed E-state index contributed by atoms with van der Waals surface area (Å²) in [5.41, 5.74) is 8.19. The van der Waals surface area contributed by atoms with Gasteiger partial charge in [0.05, 0.1) is 0 Å². The lowest BCUT2D eigenvalue weighted by molar-refractivity contribution is 0.588. The normalized spacial score (nSPS) is 17.1. The minimum atomic E-state index is -0.570. The number of benzene rings is 1. The third-order valence-electron chi connectivity index (χ3n) is 3.04. The van der Waals surface area contributed by atoms with Crippen LogP contribution < -0.4 is 11.0 Å². The van der Waals surface area contributed by atoms with E-state index < -0.39 is 11.6 Å². The number of hydrogen-bond acceptors (Lipinski definition) is 1. The molecule has 4 heteroatoms. The van der Waals surface area contributed by atoms with Crippen molar-refractivity contribution in [3.05, 3.63) is 46.7 Å². The molecule has 0 amide bonds. The van der Waals surface area contributed by atoms with Crippen molar-refractivity contribution in [2.75, 3.05) is 0 Å². The molecule has 1 fully saturated rings. The van der Waals surface area contributed by atoms with Gasteiger partial charge in [-0.1, -0.05) is 12.2 Å². The zero-order valence-electron chi connectivity index (χ0n) is 10.2. The summed E-state index contributed by atoms with van der Waals surface area (Å²) in [5.74, 6) is -0.613. The van der Waals surface area contributed by atoms with Gasteiger partial charge in [-0.3, -0.25) is 0 Å². The maximum atomic E-state index is 13.4. The van der Waals surface area contributed by atoms with Crippen LogP contribution in [0.5, 0.6) is 0 Å². The molecule has 0 aliphatic heterocycles. The van der Waals surface area contributed by atoms with E-state index in [-0.39, 0.29) is 0 Å². The van der Waals surface area contributed by atoms with E-state index in [9.17, 15) is 8.78 Å². The van der Waals surface area contributed by atoms with Crippen molar-refractivity contribution < 1.29 is 8.78 Å². The lowest BCUT2D eigenvalue weighted by Gasteiger charge is -2.05. The van der Waals surface area contributed by atoms with Crippen molar-refractivity contribution in [3.8, 4) is 0 Å². The molecule has 1 saturated carbocycles. The molecule has 1 unspecified atom stereocenters. The van der Waals surface area contributed by atoms with Gasteiger partial charge in [0.1, 0.15) is 11.6 Å². The van der Waals surface area contributed by atoms with Gasteiger partial charge in [0.25, 0.3) is 0 Å². The first kappa shape index (κ1) is 13.2. The molecule has 1 aliphatic rings. The second-order valence-corrected chi connectivity index (χ2v) is 5.21. The minimum Gasteiger partial charge on any atom is -0.402 e. The van der Waals surface area contributed by atoms with Crippen LogP contribution in [0.3, 0.4) is 0 Å². The van der Waals surface area contributed by atoms with E-state index in [2.05, 4.69) is 9.24 Å². The Morgan fingerprint density at radius 3 is 2.61 bits per heavy atom. The molecule has 0 heterocycles. The quantitative estimate of drug-likeness (QED) is 0.661. The third kappa shape index (κ3) is 2.97. The molecule has 0 spiro atoms. The fraction of sp³-hybridized carbons (Fsp3) is 0.286. The Bertz CT molecular complexity index is 527. The van der Waals surface area contributed by atoms with Crippen molar-refractivity contribution in [3.63, 3.8) is 0 Å². The van der Waals surface area contributed by atoms with E-state index >= 15 is 0 Å². The summed E-state index contributed by atoms with van der Waals surface area (Å²) in [5, 5.41) is 0.373. The first-order valence-corrected chi connectivity index (χ1v) is 6.45. The Morgan fingerprint density at radius 2 is 2.06 bits per heavy atom. The van der Waals surface area contributed by atoms with E-state index in [4.69, 9.17) is 5.73 Å². The summed E-state index contributed by atoms with van der Waals surface area (Å²) in [7, 11) is 2.30. The monoisotopic (exact) mass is 267 g/mol. The second kappa shape index (κ2) is 5.19. The van der Waals surface area contributed by atoms with Crippen LogP contribution in [0.25, 0.3) is 6.08 Å². The van der Waals surface area contributed by atoms with E-state index in [1.807, 2.05) is 13.0 Å². The van der Waals surface area contributed by atoms with Gasteiger partial charge >= 0.3 is 0 Å². The molecule has 18 heavy (non-hydrogen) atoms. The van der Waals surface area contributed by atoms with Crippen molar-refractivity contribution >= 4 is 20.6 Å². The molecule has 1 aliphatic carbocycles. The molecular weight excluding hydrogens is 251 g/mol. The topological polar surface area (TPSA) is 26.0 Å². The lowest BCUT2D eigenvalue weighted by Crippen LogP contribution is -2.04. The highest BCUT2D eigenvalue weighted by Crippen LogP contribution is 2.38. The Labute approximate surface area is 108 Å². The molecule has 0 saturated heterocycles. The summed E-state index contributed by atoms with van der Waals surface area (Å²) in [6.45, 7) is 1.85. The average Bonchev–Trinajstić information content (AvgIpc) is 3.08. The Hall–Kier alpha value is -1.21. The Kier molecular flexibility index (Phi) is 3.82. The summed E-state index contributed by atoms with van der Waals surface area (Å²) >= 11 is 0. The number of nitrogens with two attached hydrogens (primary N) is 1. The molecular formula is C14H16F2NP. The van der Waals surface area contributed by atoms with Crippen LogP contribution in [0.4, 0.5) is 8.78 Å². The number of halogens is 2. The van der Waals surface area contributed by atoms with Gasteiger partial charge in [0.15, 0.2) is 0 Å². The van der Waals surface area contributed by atoms with E-state index in [1.54, 1.807) is 6.08 Å². The van der Waals surface area contributed by atoms with E-state index in [0.29, 0.717) is 16.8 Å². The van der Waals surface area contributed by atoms with Crippen LogP contribution >= 0.6 is 9.24 Å². The van der Waals surface area contributed by atoms with Crippen molar-refractivity contribution in [2.45, 2.75) is 19.8 Å². The highest BCUT2D eigenvalue weighted by molar-refractivity contribution is 7.27. The van der Waals surface area contributed by atoms with Crippen LogP contribution in [-0.2, 0) is 0 Å². The highest BCUT2D eigenvalue weighted by Gasteiger charge is 2.25. The largest absolute Gasteiger partial charge is 0.402 e. The fourth-order valence-electron chi connectivity index (χ4n) is 1.91. The lowest BCUT2D eigenvalue weighted by atomic mass is 10.1. The Balaban J connectivity index is 2.31. The highest BCUT2D eigenvalue weighted by atomic mass is 31.0. The predicted molar refractivity (Wildman–Crippen MR) is 74.3 cm³/mol. The first-order valence-electron chi connectivity index (χ1n) is 5.88. The predicted octanol–water partition coefficient (Wildman–Crippen LogP) is 3.12. The average molecular weight is 267 g/mol. The zero-order chi connectivity index (χ0) is 13.3. The van der Waals surface area contributed by atoms with E-state index in [0.717, 1.165) is 30.2 Å². The third-order valence-corrected chi connectivity index (χ3v) is 3.65. The zero-order valence-corrected chi connectivity index (χ0v) is 11.4. The first-order chi connectivity index (χ1) is 8.49. The molecule has 96 valence electrons. The van der Waals surface area contributed by atoms with Crippen LogP contribution in [0.1, 0.15) is 25.3 Å². The molecule has 1 atom stereocenters. The van der Waals surface area contributed by atoms with Crippen molar-refractivity contribution in [1.29, 1.82) is 0 Å².